The van der Waals surface area contributed by atoms with Crippen molar-refractivity contribution < 1.29 is 4.74 Å². The van der Waals surface area contributed by atoms with Crippen LogP contribution in [0.3, 0.4) is 0 Å². The van der Waals surface area contributed by atoms with Gasteiger partial charge >= 0.3 is 0 Å². The van der Waals surface area contributed by atoms with Gasteiger partial charge in [-0.15, -0.1) is 0 Å². The van der Waals surface area contributed by atoms with E-state index in [4.69, 9.17) is 17.0 Å². The molecule has 1 aromatic carbocycles. The number of hydrogen-bond acceptors (Lipinski definition) is 3. The number of thiocarbonyl (C=S) groups is 1. The van der Waals surface area contributed by atoms with Crippen LogP contribution in [0, 0.1) is 0 Å². The molecule has 1 aliphatic rings. The Hall–Kier alpha value is -1.46. The zero-order valence-electron chi connectivity index (χ0n) is 10.5. The number of hydrazone groups is 1. The third-order valence-electron chi connectivity index (χ3n) is 2.74. The van der Waals surface area contributed by atoms with Crippen LogP contribution in [-0.2, 0) is 4.74 Å². The van der Waals surface area contributed by atoms with Gasteiger partial charge in [0.05, 0.1) is 19.4 Å². The maximum atomic E-state index is 5.39. The quantitative estimate of drug-likeness (QED) is 0.460. The Bertz CT molecular complexity index is 416. The van der Waals surface area contributed by atoms with Gasteiger partial charge in [0.15, 0.2) is 5.11 Å². The van der Waals surface area contributed by atoms with Crippen LogP contribution in [0.25, 0.3) is 0 Å². The Balaban J connectivity index is 1.92. The molecule has 96 valence electrons. The molecule has 2 rings (SSSR count). The molecule has 0 N–H and O–H groups in total. The van der Waals surface area contributed by atoms with Crippen LogP contribution in [0.1, 0.15) is 5.56 Å². The molecule has 0 spiro atoms. The van der Waals surface area contributed by atoms with Crippen LogP contribution in [0.15, 0.2) is 35.4 Å². The van der Waals surface area contributed by atoms with Crippen molar-refractivity contribution in [2.24, 2.45) is 5.10 Å². The lowest BCUT2D eigenvalue weighted by molar-refractivity contribution is 0.0647. The topological polar surface area (TPSA) is 28.1 Å². The Morgan fingerprint density at radius 3 is 2.67 bits per heavy atom. The van der Waals surface area contributed by atoms with Gasteiger partial charge in [-0.2, -0.15) is 5.10 Å². The monoisotopic (exact) mass is 263 g/mol. The smallest absolute Gasteiger partial charge is 0.192 e. The summed E-state index contributed by atoms with van der Waals surface area (Å²) in [6.45, 7) is 3.14. The highest BCUT2D eigenvalue weighted by Crippen LogP contribution is 2.03. The normalized spacial score (nSPS) is 15.9. The minimum Gasteiger partial charge on any atom is -0.378 e. The highest BCUT2D eigenvalue weighted by molar-refractivity contribution is 7.80. The second kappa shape index (κ2) is 6.47. The van der Waals surface area contributed by atoms with E-state index in [0.717, 1.165) is 37.0 Å². The van der Waals surface area contributed by atoms with Crippen molar-refractivity contribution in [3.63, 3.8) is 0 Å². The van der Waals surface area contributed by atoms with E-state index in [1.54, 1.807) is 5.01 Å². The van der Waals surface area contributed by atoms with E-state index in [0.29, 0.717) is 0 Å². The number of ether oxygens (including phenoxy) is 1. The van der Waals surface area contributed by atoms with E-state index >= 15 is 0 Å². The largest absolute Gasteiger partial charge is 0.378 e. The molecule has 1 aromatic rings. The third-order valence-corrected chi connectivity index (χ3v) is 3.26. The average molecular weight is 263 g/mol. The Morgan fingerprint density at radius 2 is 2.00 bits per heavy atom. The lowest BCUT2D eigenvalue weighted by Crippen LogP contribution is -2.45. The predicted molar refractivity (Wildman–Crippen MR) is 76.8 cm³/mol. The summed E-state index contributed by atoms with van der Waals surface area (Å²) in [5.74, 6) is 0. The molecule has 0 aromatic heterocycles. The van der Waals surface area contributed by atoms with Crippen LogP contribution in [0.2, 0.25) is 0 Å². The molecular formula is C13H17N3OS. The number of hydrogen-bond donors (Lipinski definition) is 0. The van der Waals surface area contributed by atoms with Crippen molar-refractivity contribution in [2.75, 3.05) is 33.4 Å². The summed E-state index contributed by atoms with van der Waals surface area (Å²) in [6, 6.07) is 9.98. The second-order valence-electron chi connectivity index (χ2n) is 4.06. The van der Waals surface area contributed by atoms with Crippen LogP contribution in [0.5, 0.6) is 0 Å². The summed E-state index contributed by atoms with van der Waals surface area (Å²) in [6.07, 6.45) is 1.81. The first-order valence-corrected chi connectivity index (χ1v) is 6.37. The van der Waals surface area contributed by atoms with Crippen molar-refractivity contribution in [3.8, 4) is 0 Å². The number of nitrogens with zero attached hydrogens (tertiary/aromatic N) is 3. The third kappa shape index (κ3) is 3.51. The second-order valence-corrected chi connectivity index (χ2v) is 4.43. The van der Waals surface area contributed by atoms with E-state index in [9.17, 15) is 0 Å². The van der Waals surface area contributed by atoms with Crippen LogP contribution >= 0.6 is 12.2 Å². The molecule has 18 heavy (non-hydrogen) atoms. The van der Waals surface area contributed by atoms with Gasteiger partial charge in [-0.1, -0.05) is 30.3 Å². The first-order valence-electron chi connectivity index (χ1n) is 5.97. The van der Waals surface area contributed by atoms with E-state index in [-0.39, 0.29) is 0 Å². The van der Waals surface area contributed by atoms with E-state index in [1.165, 1.54) is 0 Å². The molecule has 0 radical (unpaired) electrons. The number of morpholine rings is 1. The maximum absolute atomic E-state index is 5.39. The van der Waals surface area contributed by atoms with Gasteiger partial charge in [-0.25, -0.2) is 5.01 Å². The van der Waals surface area contributed by atoms with Gasteiger partial charge in [0.2, 0.25) is 0 Å². The maximum Gasteiger partial charge on any atom is 0.192 e. The number of benzene rings is 1. The molecule has 1 aliphatic heterocycles. The lowest BCUT2D eigenvalue weighted by Gasteiger charge is -2.31. The summed E-state index contributed by atoms with van der Waals surface area (Å²) in [7, 11) is 1.87. The molecule has 1 fully saturated rings. The minimum absolute atomic E-state index is 0.733. The van der Waals surface area contributed by atoms with E-state index in [2.05, 4.69) is 10.0 Å². The molecule has 0 atom stereocenters. The first-order chi connectivity index (χ1) is 8.77. The van der Waals surface area contributed by atoms with E-state index in [1.807, 2.05) is 43.6 Å². The summed E-state index contributed by atoms with van der Waals surface area (Å²) in [4.78, 5) is 2.11. The first kappa shape index (κ1) is 13.0. The van der Waals surface area contributed by atoms with E-state index < -0.39 is 0 Å². The molecule has 0 bridgehead atoms. The van der Waals surface area contributed by atoms with Gasteiger partial charge < -0.3 is 9.64 Å². The van der Waals surface area contributed by atoms with Crippen molar-refractivity contribution >= 4 is 23.5 Å². The van der Waals surface area contributed by atoms with Crippen LogP contribution in [0.4, 0.5) is 0 Å². The van der Waals surface area contributed by atoms with Gasteiger partial charge in [0.1, 0.15) is 0 Å². The minimum atomic E-state index is 0.733. The average Bonchev–Trinajstić information content (AvgIpc) is 2.46. The van der Waals surface area contributed by atoms with Crippen molar-refractivity contribution in [3.05, 3.63) is 35.9 Å². The molecule has 0 saturated carbocycles. The summed E-state index contributed by atoms with van der Waals surface area (Å²) in [5.41, 5.74) is 1.06. The predicted octanol–water partition coefficient (Wildman–Crippen LogP) is 1.57. The SMILES string of the molecule is CN(/N=C/c1ccccc1)C(=S)N1CCOCC1. The zero-order chi connectivity index (χ0) is 12.8. The fraction of sp³-hybridized carbons (Fsp3) is 0.385. The fourth-order valence-electron chi connectivity index (χ4n) is 1.70. The van der Waals surface area contributed by atoms with Gasteiger partial charge in [0, 0.05) is 20.1 Å². The molecule has 1 heterocycles. The van der Waals surface area contributed by atoms with Gasteiger partial charge in [0.25, 0.3) is 0 Å². The molecule has 0 amide bonds. The summed E-state index contributed by atoms with van der Waals surface area (Å²) in [5, 5.41) is 6.83. The van der Waals surface area contributed by atoms with Crippen LogP contribution < -0.4 is 0 Å². The van der Waals surface area contributed by atoms with Crippen LogP contribution in [-0.4, -0.2) is 54.6 Å². The van der Waals surface area contributed by atoms with Crippen molar-refractivity contribution in [1.29, 1.82) is 0 Å². The lowest BCUT2D eigenvalue weighted by atomic mass is 10.2. The summed E-state index contributed by atoms with van der Waals surface area (Å²) < 4.78 is 5.30. The molecule has 5 heteroatoms. The highest BCUT2D eigenvalue weighted by Gasteiger charge is 2.15. The molecule has 0 aliphatic carbocycles. The Labute approximate surface area is 113 Å². The van der Waals surface area contributed by atoms with Crippen molar-refractivity contribution in [2.45, 2.75) is 0 Å². The molecular weight excluding hydrogens is 246 g/mol. The highest BCUT2D eigenvalue weighted by atomic mass is 32.1. The zero-order valence-corrected chi connectivity index (χ0v) is 11.3. The van der Waals surface area contributed by atoms with Gasteiger partial charge in [-0.3, -0.25) is 0 Å². The molecule has 0 unspecified atom stereocenters. The fourth-order valence-corrected chi connectivity index (χ4v) is 1.93. The Morgan fingerprint density at radius 1 is 1.33 bits per heavy atom. The molecule has 4 nitrogen and oxygen atoms in total. The molecule has 1 saturated heterocycles. The standard InChI is InChI=1S/C13H17N3OS/c1-15(13(18)16-7-9-17-10-8-16)14-11-12-5-3-2-4-6-12/h2-6,11H,7-10H2,1H3/b14-11+. The van der Waals surface area contributed by atoms with Crippen molar-refractivity contribution in [1.82, 2.24) is 9.91 Å². The number of rotatable bonds is 2. The Kier molecular flexibility index (Phi) is 4.66. The summed E-state index contributed by atoms with van der Waals surface area (Å²) >= 11 is 5.39. The van der Waals surface area contributed by atoms with Gasteiger partial charge in [-0.05, 0) is 17.8 Å².